The molecule has 0 aliphatic heterocycles. The van der Waals surface area contributed by atoms with Gasteiger partial charge in [-0.1, -0.05) is 29.9 Å². The summed E-state index contributed by atoms with van der Waals surface area (Å²) in [6.45, 7) is 6.49. The van der Waals surface area contributed by atoms with Crippen molar-refractivity contribution in [3.8, 4) is 0 Å². The number of benzene rings is 1. The van der Waals surface area contributed by atoms with Crippen LogP contribution in [0.4, 0.5) is 5.69 Å². The van der Waals surface area contributed by atoms with Crippen molar-refractivity contribution in [3.63, 3.8) is 0 Å². The lowest BCUT2D eigenvalue weighted by molar-refractivity contribution is 0.899. The van der Waals surface area contributed by atoms with Gasteiger partial charge in [-0.3, -0.25) is 0 Å². The Morgan fingerprint density at radius 2 is 1.82 bits per heavy atom. The van der Waals surface area contributed by atoms with Crippen LogP contribution in [0.1, 0.15) is 39.2 Å². The summed E-state index contributed by atoms with van der Waals surface area (Å²) in [6.07, 6.45) is 6.94. The van der Waals surface area contributed by atoms with Crippen molar-refractivity contribution in [1.82, 2.24) is 0 Å². The minimum Gasteiger partial charge on any atom is -0.383 e. The molecule has 2 rings (SSSR count). The van der Waals surface area contributed by atoms with Crippen molar-refractivity contribution in [2.45, 2.75) is 39.7 Å². The molecule has 1 nitrogen and oxygen atoms in total. The Morgan fingerprint density at radius 3 is 2.41 bits per heavy atom. The molecule has 0 heterocycles. The summed E-state index contributed by atoms with van der Waals surface area (Å²) in [7, 11) is 0. The molecule has 1 N–H and O–H groups in total. The molecule has 1 aromatic carbocycles. The standard InChI is InChI=1S/C16H21N/c1-12(2)17-16-9-7-14(8-10-16)15-6-4-5-13(3)11-15/h5,7-12,17H,4,6H2,1-3H3. The first-order valence-corrected chi connectivity index (χ1v) is 6.39. The average molecular weight is 227 g/mol. The van der Waals surface area contributed by atoms with Gasteiger partial charge in [0, 0.05) is 11.7 Å². The van der Waals surface area contributed by atoms with Crippen LogP contribution in [0.3, 0.4) is 0 Å². The van der Waals surface area contributed by atoms with Crippen LogP contribution in [-0.2, 0) is 0 Å². The fraction of sp³-hybridized carbons (Fsp3) is 0.375. The summed E-state index contributed by atoms with van der Waals surface area (Å²) in [5.74, 6) is 0. The van der Waals surface area contributed by atoms with Crippen LogP contribution in [0.2, 0.25) is 0 Å². The van der Waals surface area contributed by atoms with Crippen LogP contribution < -0.4 is 5.32 Å². The summed E-state index contributed by atoms with van der Waals surface area (Å²) in [4.78, 5) is 0. The van der Waals surface area contributed by atoms with Crippen LogP contribution in [0.25, 0.3) is 5.57 Å². The quantitative estimate of drug-likeness (QED) is 0.793. The number of anilines is 1. The third-order valence-electron chi connectivity index (χ3n) is 2.99. The minimum atomic E-state index is 0.486. The number of allylic oxidation sites excluding steroid dienone is 4. The van der Waals surface area contributed by atoms with Crippen LogP contribution in [0, 0.1) is 0 Å². The van der Waals surface area contributed by atoms with Gasteiger partial charge >= 0.3 is 0 Å². The topological polar surface area (TPSA) is 12.0 Å². The molecular weight excluding hydrogens is 206 g/mol. The molecule has 0 unspecified atom stereocenters. The zero-order chi connectivity index (χ0) is 12.3. The molecule has 0 saturated heterocycles. The van der Waals surface area contributed by atoms with Crippen molar-refractivity contribution in [2.75, 3.05) is 5.32 Å². The zero-order valence-electron chi connectivity index (χ0n) is 11.0. The van der Waals surface area contributed by atoms with Crippen LogP contribution in [0.5, 0.6) is 0 Å². The molecule has 17 heavy (non-hydrogen) atoms. The molecule has 0 aromatic heterocycles. The first kappa shape index (κ1) is 12.0. The Hall–Kier alpha value is -1.50. The van der Waals surface area contributed by atoms with E-state index < -0.39 is 0 Å². The van der Waals surface area contributed by atoms with Crippen LogP contribution >= 0.6 is 0 Å². The Kier molecular flexibility index (Phi) is 3.68. The maximum absolute atomic E-state index is 3.41. The van der Waals surface area contributed by atoms with E-state index >= 15 is 0 Å². The summed E-state index contributed by atoms with van der Waals surface area (Å²) in [6, 6.07) is 9.26. The maximum Gasteiger partial charge on any atom is 0.0342 e. The lowest BCUT2D eigenvalue weighted by atomic mass is 9.94. The second-order valence-electron chi connectivity index (χ2n) is 5.03. The second kappa shape index (κ2) is 5.22. The first-order valence-electron chi connectivity index (χ1n) is 6.39. The molecule has 0 spiro atoms. The molecule has 0 atom stereocenters. The number of hydrogen-bond acceptors (Lipinski definition) is 1. The van der Waals surface area contributed by atoms with Crippen molar-refractivity contribution < 1.29 is 0 Å². The number of rotatable bonds is 3. The van der Waals surface area contributed by atoms with Gasteiger partial charge in [0.05, 0.1) is 0 Å². The van der Waals surface area contributed by atoms with E-state index in [4.69, 9.17) is 0 Å². The molecular formula is C16H21N. The zero-order valence-corrected chi connectivity index (χ0v) is 11.0. The number of hydrogen-bond donors (Lipinski definition) is 1. The lowest BCUT2D eigenvalue weighted by Gasteiger charge is -2.14. The van der Waals surface area contributed by atoms with Crippen molar-refractivity contribution in [1.29, 1.82) is 0 Å². The molecule has 0 radical (unpaired) electrons. The van der Waals surface area contributed by atoms with E-state index in [1.54, 1.807) is 0 Å². The molecule has 0 fully saturated rings. The van der Waals surface area contributed by atoms with Gasteiger partial charge in [-0.15, -0.1) is 0 Å². The van der Waals surface area contributed by atoms with Crippen molar-refractivity contribution in [2.24, 2.45) is 0 Å². The van der Waals surface area contributed by atoms with E-state index in [9.17, 15) is 0 Å². The summed E-state index contributed by atoms with van der Waals surface area (Å²) >= 11 is 0. The van der Waals surface area contributed by atoms with E-state index in [1.807, 2.05) is 0 Å². The molecule has 0 amide bonds. The molecule has 1 heteroatoms. The van der Waals surface area contributed by atoms with E-state index in [-0.39, 0.29) is 0 Å². The third kappa shape index (κ3) is 3.23. The smallest absolute Gasteiger partial charge is 0.0342 e. The maximum atomic E-state index is 3.41. The predicted octanol–water partition coefficient (Wildman–Crippen LogP) is 4.63. The minimum absolute atomic E-state index is 0.486. The van der Waals surface area contributed by atoms with Gasteiger partial charge in [-0.2, -0.15) is 0 Å². The van der Waals surface area contributed by atoms with Gasteiger partial charge in [-0.05, 0) is 56.9 Å². The molecule has 1 aliphatic carbocycles. The highest BCUT2D eigenvalue weighted by molar-refractivity contribution is 5.70. The summed E-state index contributed by atoms with van der Waals surface area (Å²) < 4.78 is 0. The van der Waals surface area contributed by atoms with Crippen LogP contribution in [0.15, 0.2) is 42.0 Å². The van der Waals surface area contributed by atoms with Gasteiger partial charge in [-0.25, -0.2) is 0 Å². The van der Waals surface area contributed by atoms with Gasteiger partial charge in [0.2, 0.25) is 0 Å². The first-order chi connectivity index (χ1) is 8.15. The SMILES string of the molecule is CC1=CCCC(c2ccc(NC(C)C)cc2)=C1. The molecule has 1 aromatic rings. The van der Waals surface area contributed by atoms with Gasteiger partial charge < -0.3 is 5.32 Å². The normalized spacial score (nSPS) is 15.5. The predicted molar refractivity (Wildman–Crippen MR) is 76.2 cm³/mol. The van der Waals surface area contributed by atoms with Gasteiger partial charge in [0.15, 0.2) is 0 Å². The largest absolute Gasteiger partial charge is 0.383 e. The second-order valence-corrected chi connectivity index (χ2v) is 5.03. The molecule has 0 saturated carbocycles. The Morgan fingerprint density at radius 1 is 1.12 bits per heavy atom. The van der Waals surface area contributed by atoms with Gasteiger partial charge in [0.1, 0.15) is 0 Å². The molecule has 0 bridgehead atoms. The van der Waals surface area contributed by atoms with Crippen molar-refractivity contribution in [3.05, 3.63) is 47.6 Å². The molecule has 1 aliphatic rings. The Bertz CT molecular complexity index is 435. The lowest BCUT2D eigenvalue weighted by Crippen LogP contribution is -2.09. The fourth-order valence-electron chi connectivity index (χ4n) is 2.20. The monoisotopic (exact) mass is 227 g/mol. The van der Waals surface area contributed by atoms with E-state index in [2.05, 4.69) is 62.5 Å². The average Bonchev–Trinajstić information content (AvgIpc) is 2.29. The van der Waals surface area contributed by atoms with Crippen molar-refractivity contribution >= 4 is 11.3 Å². The van der Waals surface area contributed by atoms with E-state index in [1.165, 1.54) is 28.8 Å². The number of nitrogens with one attached hydrogen (secondary N) is 1. The Balaban J connectivity index is 2.15. The summed E-state index contributed by atoms with van der Waals surface area (Å²) in [5.41, 5.74) is 5.40. The highest BCUT2D eigenvalue weighted by atomic mass is 14.9. The van der Waals surface area contributed by atoms with Gasteiger partial charge in [0.25, 0.3) is 0 Å². The highest BCUT2D eigenvalue weighted by Crippen LogP contribution is 2.27. The summed E-state index contributed by atoms with van der Waals surface area (Å²) in [5, 5.41) is 3.41. The molecule has 90 valence electrons. The highest BCUT2D eigenvalue weighted by Gasteiger charge is 2.05. The van der Waals surface area contributed by atoms with E-state index in [0.29, 0.717) is 6.04 Å². The third-order valence-corrected chi connectivity index (χ3v) is 2.99. The Labute approximate surface area is 104 Å². The van der Waals surface area contributed by atoms with Crippen LogP contribution in [-0.4, -0.2) is 6.04 Å². The fourth-order valence-corrected chi connectivity index (χ4v) is 2.20. The van der Waals surface area contributed by atoms with E-state index in [0.717, 1.165) is 6.42 Å².